The van der Waals surface area contributed by atoms with Crippen LogP contribution in [0.3, 0.4) is 0 Å². The molecule has 1 aliphatic carbocycles. The lowest BCUT2D eigenvalue weighted by Crippen LogP contribution is -2.23. The minimum Gasteiger partial charge on any atom is -0.420 e. The molecule has 150 valence electrons. The molecule has 0 saturated heterocycles. The highest BCUT2D eigenvalue weighted by atomic mass is 16.4. The molecule has 5 rings (SSSR count). The molecular formula is C22H20N6O2. The second kappa shape index (κ2) is 7.55. The Morgan fingerprint density at radius 2 is 2.00 bits per heavy atom. The number of carbonyl (C=O) groups excluding carboxylic acids is 1. The lowest BCUT2D eigenvalue weighted by atomic mass is 10.1. The van der Waals surface area contributed by atoms with Crippen molar-refractivity contribution in [3.8, 4) is 17.3 Å². The molecular weight excluding hydrogens is 380 g/mol. The molecule has 1 aromatic carbocycles. The number of aromatic nitrogens is 5. The molecule has 1 saturated carbocycles. The van der Waals surface area contributed by atoms with Crippen LogP contribution in [0.2, 0.25) is 0 Å². The molecule has 0 aliphatic heterocycles. The van der Waals surface area contributed by atoms with Crippen molar-refractivity contribution in [1.82, 2.24) is 30.3 Å². The van der Waals surface area contributed by atoms with Gasteiger partial charge >= 0.3 is 0 Å². The summed E-state index contributed by atoms with van der Waals surface area (Å²) >= 11 is 0. The number of carbonyl (C=O) groups is 1. The topological polar surface area (TPSA) is 98.7 Å². The van der Waals surface area contributed by atoms with Gasteiger partial charge in [0.2, 0.25) is 5.89 Å². The predicted octanol–water partition coefficient (Wildman–Crippen LogP) is 3.43. The molecule has 4 aromatic rings. The minimum atomic E-state index is -0.137. The van der Waals surface area contributed by atoms with Gasteiger partial charge in [-0.05, 0) is 54.8 Å². The number of benzene rings is 1. The highest BCUT2D eigenvalue weighted by molar-refractivity contribution is 5.94. The first-order valence-electron chi connectivity index (χ1n) is 9.85. The maximum Gasteiger partial charge on any atom is 0.268 e. The van der Waals surface area contributed by atoms with Crippen molar-refractivity contribution in [3.63, 3.8) is 0 Å². The van der Waals surface area contributed by atoms with Gasteiger partial charge in [-0.25, -0.2) is 4.68 Å². The van der Waals surface area contributed by atoms with Gasteiger partial charge < -0.3 is 9.73 Å². The fourth-order valence-electron chi connectivity index (χ4n) is 3.34. The fourth-order valence-corrected chi connectivity index (χ4v) is 3.34. The first-order valence-corrected chi connectivity index (χ1v) is 9.85. The molecule has 0 spiro atoms. The van der Waals surface area contributed by atoms with E-state index in [1.54, 1.807) is 25.4 Å². The fraction of sp³-hybridized carbons (Fsp3) is 0.227. The number of nitrogens with one attached hydrogen (secondary N) is 1. The number of rotatable bonds is 6. The summed E-state index contributed by atoms with van der Waals surface area (Å²) < 4.78 is 7.42. The summed E-state index contributed by atoms with van der Waals surface area (Å²) in [4.78, 5) is 16.7. The molecule has 8 heteroatoms. The Kier molecular flexibility index (Phi) is 4.59. The molecule has 1 N–H and O–H groups in total. The molecule has 3 aromatic heterocycles. The third kappa shape index (κ3) is 3.71. The zero-order chi connectivity index (χ0) is 20.5. The lowest BCUT2D eigenvalue weighted by molar-refractivity contribution is 0.0951. The zero-order valence-corrected chi connectivity index (χ0v) is 16.4. The monoisotopic (exact) mass is 400 g/mol. The molecule has 30 heavy (non-hydrogen) atoms. The average molecular weight is 400 g/mol. The lowest BCUT2D eigenvalue weighted by Gasteiger charge is -2.09. The Balaban J connectivity index is 1.42. The van der Waals surface area contributed by atoms with Gasteiger partial charge in [0.05, 0.1) is 5.69 Å². The van der Waals surface area contributed by atoms with E-state index in [9.17, 15) is 4.79 Å². The van der Waals surface area contributed by atoms with Crippen molar-refractivity contribution in [2.24, 2.45) is 0 Å². The van der Waals surface area contributed by atoms with E-state index in [2.05, 4.69) is 20.5 Å². The third-order valence-corrected chi connectivity index (χ3v) is 5.03. The summed E-state index contributed by atoms with van der Waals surface area (Å²) in [5.74, 6) is 1.22. The van der Waals surface area contributed by atoms with Crippen LogP contribution in [0.15, 0.2) is 59.3 Å². The number of aryl methyl sites for hydroxylation is 1. The van der Waals surface area contributed by atoms with Crippen molar-refractivity contribution in [2.45, 2.75) is 32.2 Å². The van der Waals surface area contributed by atoms with Crippen LogP contribution in [0, 0.1) is 6.92 Å². The summed E-state index contributed by atoms with van der Waals surface area (Å²) in [6, 6.07) is 13.2. The Hall–Kier alpha value is -3.81. The summed E-state index contributed by atoms with van der Waals surface area (Å²) in [7, 11) is 0. The maximum atomic E-state index is 12.7. The minimum absolute atomic E-state index is 0.137. The summed E-state index contributed by atoms with van der Waals surface area (Å²) in [6.45, 7) is 2.20. The number of hydrogen-bond acceptors (Lipinski definition) is 6. The van der Waals surface area contributed by atoms with E-state index in [1.807, 2.05) is 41.1 Å². The van der Waals surface area contributed by atoms with Crippen molar-refractivity contribution >= 4 is 5.91 Å². The molecule has 8 nitrogen and oxygen atoms in total. The molecule has 0 atom stereocenters. The van der Waals surface area contributed by atoms with Gasteiger partial charge in [0.25, 0.3) is 11.8 Å². The zero-order valence-electron chi connectivity index (χ0n) is 16.4. The number of pyridine rings is 1. The smallest absolute Gasteiger partial charge is 0.268 e. The highest BCUT2D eigenvalue weighted by Gasteiger charge is 2.30. The molecule has 0 bridgehead atoms. The van der Waals surface area contributed by atoms with Crippen LogP contribution >= 0.6 is 0 Å². The predicted molar refractivity (Wildman–Crippen MR) is 109 cm³/mol. The van der Waals surface area contributed by atoms with E-state index < -0.39 is 0 Å². The summed E-state index contributed by atoms with van der Waals surface area (Å²) in [6.07, 6.45) is 5.67. The Morgan fingerprint density at radius 3 is 2.73 bits per heavy atom. The standard InChI is InChI=1S/C22H20N6O2/c1-14-25-26-22(30-14)19-12-20(16-5-6-16)28(27-19)18-4-2-3-17(11-18)21(29)24-13-15-7-9-23-10-8-15/h2-4,7-12,16H,5-6,13H2,1H3,(H,24,29). The van der Waals surface area contributed by atoms with Crippen LogP contribution in [0.5, 0.6) is 0 Å². The molecule has 0 unspecified atom stereocenters. The quantitative estimate of drug-likeness (QED) is 0.532. The van der Waals surface area contributed by atoms with Gasteiger partial charge in [-0.1, -0.05) is 6.07 Å². The van der Waals surface area contributed by atoms with Crippen molar-refractivity contribution in [2.75, 3.05) is 0 Å². The Labute approximate surface area is 173 Å². The average Bonchev–Trinajstić information content (AvgIpc) is 3.38. The van der Waals surface area contributed by atoms with Gasteiger partial charge in [-0.3, -0.25) is 9.78 Å². The second-order valence-electron chi connectivity index (χ2n) is 7.36. The van der Waals surface area contributed by atoms with E-state index in [0.29, 0.717) is 35.5 Å². The van der Waals surface area contributed by atoms with Crippen molar-refractivity contribution < 1.29 is 9.21 Å². The third-order valence-electron chi connectivity index (χ3n) is 5.03. The van der Waals surface area contributed by atoms with Gasteiger partial charge in [-0.2, -0.15) is 5.10 Å². The molecule has 1 aliphatic rings. The normalized spacial score (nSPS) is 13.4. The summed E-state index contributed by atoms with van der Waals surface area (Å²) in [5, 5.41) is 15.6. The molecule has 1 fully saturated rings. The van der Waals surface area contributed by atoms with Gasteiger partial charge in [0.15, 0.2) is 0 Å². The first-order chi connectivity index (χ1) is 14.7. The second-order valence-corrected chi connectivity index (χ2v) is 7.36. The van der Waals surface area contributed by atoms with Gasteiger partial charge in [0.1, 0.15) is 5.69 Å². The molecule has 0 radical (unpaired) electrons. The van der Waals surface area contributed by atoms with Crippen LogP contribution in [0.1, 0.15) is 46.3 Å². The van der Waals surface area contributed by atoms with Crippen LogP contribution in [0.4, 0.5) is 0 Å². The maximum absolute atomic E-state index is 12.7. The Bertz CT molecular complexity index is 1190. The van der Waals surface area contributed by atoms with Crippen LogP contribution in [0.25, 0.3) is 17.3 Å². The van der Waals surface area contributed by atoms with E-state index in [-0.39, 0.29) is 5.91 Å². The van der Waals surface area contributed by atoms with Gasteiger partial charge in [0, 0.05) is 43.0 Å². The Morgan fingerprint density at radius 1 is 1.17 bits per heavy atom. The van der Waals surface area contributed by atoms with Crippen LogP contribution < -0.4 is 5.32 Å². The van der Waals surface area contributed by atoms with Crippen molar-refractivity contribution in [1.29, 1.82) is 0 Å². The molecule has 3 heterocycles. The van der Waals surface area contributed by atoms with E-state index >= 15 is 0 Å². The van der Waals surface area contributed by atoms with Crippen LogP contribution in [-0.4, -0.2) is 30.9 Å². The SMILES string of the molecule is Cc1nnc(-c2cc(C3CC3)n(-c3cccc(C(=O)NCc4ccncc4)c3)n2)o1. The van der Waals surface area contributed by atoms with E-state index in [0.717, 1.165) is 29.8 Å². The first kappa shape index (κ1) is 18.2. The van der Waals surface area contributed by atoms with Gasteiger partial charge in [-0.15, -0.1) is 10.2 Å². The van der Waals surface area contributed by atoms with Crippen LogP contribution in [-0.2, 0) is 6.54 Å². The number of amides is 1. The van der Waals surface area contributed by atoms with E-state index in [1.165, 1.54) is 0 Å². The highest BCUT2D eigenvalue weighted by Crippen LogP contribution is 2.42. The van der Waals surface area contributed by atoms with E-state index in [4.69, 9.17) is 9.52 Å². The largest absolute Gasteiger partial charge is 0.420 e. The number of hydrogen-bond donors (Lipinski definition) is 1. The summed E-state index contributed by atoms with van der Waals surface area (Å²) in [5.41, 5.74) is 4.14. The molecule has 1 amide bonds. The number of nitrogens with zero attached hydrogens (tertiary/aromatic N) is 5. The van der Waals surface area contributed by atoms with Crippen molar-refractivity contribution in [3.05, 3.63) is 77.6 Å².